The quantitative estimate of drug-likeness (QED) is 0.654. The largest absolute Gasteiger partial charge is 0.494 e. The molecule has 2 rings (SSSR count). The molecule has 1 heterocycles. The van der Waals surface area contributed by atoms with Crippen molar-refractivity contribution in [2.24, 2.45) is 0 Å². The number of non-ortho nitro benzene ring substituents is 1. The first kappa shape index (κ1) is 14.3. The smallest absolute Gasteiger partial charge is 0.273 e. The van der Waals surface area contributed by atoms with Gasteiger partial charge in [-0.1, -0.05) is 0 Å². The summed E-state index contributed by atoms with van der Waals surface area (Å²) >= 11 is 0. The maximum atomic E-state index is 12.1. The summed E-state index contributed by atoms with van der Waals surface area (Å²) in [6.45, 7) is 0. The third-order valence-electron chi connectivity index (χ3n) is 2.74. The van der Waals surface area contributed by atoms with E-state index in [1.807, 2.05) is 0 Å². The summed E-state index contributed by atoms with van der Waals surface area (Å²) in [5.41, 5.74) is 6.34. The third-order valence-corrected chi connectivity index (χ3v) is 2.74. The van der Waals surface area contributed by atoms with Crippen LogP contribution in [-0.2, 0) is 0 Å². The van der Waals surface area contributed by atoms with Gasteiger partial charge in [0, 0.05) is 24.1 Å². The minimum atomic E-state index is -0.548. The van der Waals surface area contributed by atoms with Crippen LogP contribution in [0.15, 0.2) is 36.7 Å². The number of nitrogens with zero attached hydrogens (tertiary/aromatic N) is 2. The molecule has 0 saturated heterocycles. The zero-order valence-electron chi connectivity index (χ0n) is 11.1. The van der Waals surface area contributed by atoms with E-state index in [1.54, 1.807) is 0 Å². The number of nitrogens with two attached hydrogens (primary N) is 1. The van der Waals surface area contributed by atoms with E-state index in [-0.39, 0.29) is 22.7 Å². The van der Waals surface area contributed by atoms with Crippen molar-refractivity contribution < 1.29 is 14.5 Å². The van der Waals surface area contributed by atoms with Gasteiger partial charge in [-0.05, 0) is 12.1 Å². The van der Waals surface area contributed by atoms with E-state index < -0.39 is 10.8 Å². The van der Waals surface area contributed by atoms with Gasteiger partial charge in [-0.15, -0.1) is 0 Å². The summed E-state index contributed by atoms with van der Waals surface area (Å²) in [4.78, 5) is 26.1. The van der Waals surface area contributed by atoms with Crippen LogP contribution in [0.25, 0.3) is 0 Å². The van der Waals surface area contributed by atoms with Crippen molar-refractivity contribution in [3.8, 4) is 5.75 Å². The number of amides is 1. The Labute approximate surface area is 119 Å². The number of hydrogen-bond acceptors (Lipinski definition) is 6. The van der Waals surface area contributed by atoms with Gasteiger partial charge in [0.2, 0.25) is 0 Å². The standard InChI is InChI=1S/C13H12N4O4/c1-21-12-6-8(17(19)20)2-3-11(12)16-13(18)9-7-15-5-4-10(9)14/h2-7H,1H3,(H2,14,15)(H,16,18). The summed E-state index contributed by atoms with van der Waals surface area (Å²) in [5.74, 6) is -0.298. The number of carbonyl (C=O) groups excluding carboxylic acids is 1. The second-order valence-corrected chi connectivity index (χ2v) is 4.06. The predicted molar refractivity (Wildman–Crippen MR) is 76.3 cm³/mol. The average molecular weight is 288 g/mol. The first-order chi connectivity index (χ1) is 10.0. The van der Waals surface area contributed by atoms with Crippen LogP contribution < -0.4 is 15.8 Å². The van der Waals surface area contributed by atoms with Crippen molar-refractivity contribution in [2.75, 3.05) is 18.2 Å². The SMILES string of the molecule is COc1cc([N+](=O)[O-])ccc1NC(=O)c1cnccc1N. The molecule has 21 heavy (non-hydrogen) atoms. The molecule has 3 N–H and O–H groups in total. The number of benzene rings is 1. The lowest BCUT2D eigenvalue weighted by Crippen LogP contribution is -2.15. The van der Waals surface area contributed by atoms with Gasteiger partial charge < -0.3 is 15.8 Å². The first-order valence-electron chi connectivity index (χ1n) is 5.86. The summed E-state index contributed by atoms with van der Waals surface area (Å²) in [6, 6.07) is 5.39. The molecule has 1 aromatic heterocycles. The van der Waals surface area contributed by atoms with E-state index in [1.165, 1.54) is 43.8 Å². The highest BCUT2D eigenvalue weighted by atomic mass is 16.6. The van der Waals surface area contributed by atoms with Gasteiger partial charge >= 0.3 is 0 Å². The molecule has 0 unspecified atom stereocenters. The van der Waals surface area contributed by atoms with Crippen LogP contribution in [0.4, 0.5) is 17.1 Å². The van der Waals surface area contributed by atoms with E-state index in [9.17, 15) is 14.9 Å². The number of pyridine rings is 1. The number of nitrogens with one attached hydrogen (secondary N) is 1. The van der Waals surface area contributed by atoms with Crippen molar-refractivity contribution in [1.82, 2.24) is 4.98 Å². The van der Waals surface area contributed by atoms with Crippen molar-refractivity contribution in [1.29, 1.82) is 0 Å². The second-order valence-electron chi connectivity index (χ2n) is 4.06. The number of hydrogen-bond donors (Lipinski definition) is 2. The molecule has 0 atom stereocenters. The lowest BCUT2D eigenvalue weighted by Gasteiger charge is -2.10. The van der Waals surface area contributed by atoms with Crippen molar-refractivity contribution in [3.05, 3.63) is 52.3 Å². The molecule has 1 aromatic carbocycles. The Kier molecular flexibility index (Phi) is 3.98. The van der Waals surface area contributed by atoms with Gasteiger partial charge in [-0.3, -0.25) is 19.9 Å². The number of ether oxygens (including phenoxy) is 1. The fraction of sp³-hybridized carbons (Fsp3) is 0.0769. The first-order valence-corrected chi connectivity index (χ1v) is 5.86. The minimum absolute atomic E-state index is 0.134. The molecular formula is C13H12N4O4. The molecule has 2 aromatic rings. The molecule has 0 radical (unpaired) electrons. The van der Waals surface area contributed by atoms with Crippen LogP contribution in [0.5, 0.6) is 5.75 Å². The normalized spacial score (nSPS) is 9.95. The van der Waals surface area contributed by atoms with Gasteiger partial charge in [0.1, 0.15) is 5.75 Å². The topological polar surface area (TPSA) is 120 Å². The molecule has 8 nitrogen and oxygen atoms in total. The van der Waals surface area contributed by atoms with Gasteiger partial charge in [0.05, 0.1) is 29.4 Å². The number of nitro groups is 1. The Morgan fingerprint density at radius 2 is 2.19 bits per heavy atom. The highest BCUT2D eigenvalue weighted by molar-refractivity contribution is 6.08. The number of nitro benzene ring substituents is 1. The van der Waals surface area contributed by atoms with Gasteiger partial charge in [-0.2, -0.15) is 0 Å². The molecule has 8 heteroatoms. The summed E-state index contributed by atoms with van der Waals surface area (Å²) < 4.78 is 5.04. The van der Waals surface area contributed by atoms with Crippen LogP contribution in [-0.4, -0.2) is 22.9 Å². The van der Waals surface area contributed by atoms with Gasteiger partial charge in [0.15, 0.2) is 0 Å². The predicted octanol–water partition coefficient (Wildman–Crippen LogP) is 1.83. The van der Waals surface area contributed by atoms with Crippen LogP contribution in [0.3, 0.4) is 0 Å². The molecule has 0 saturated carbocycles. The lowest BCUT2D eigenvalue weighted by atomic mass is 10.2. The maximum absolute atomic E-state index is 12.1. The summed E-state index contributed by atoms with van der Waals surface area (Å²) in [7, 11) is 1.35. The summed E-state index contributed by atoms with van der Waals surface area (Å²) in [6.07, 6.45) is 2.81. The number of rotatable bonds is 4. The molecule has 0 spiro atoms. The van der Waals surface area contributed by atoms with Crippen molar-refractivity contribution in [3.63, 3.8) is 0 Å². The number of anilines is 2. The van der Waals surface area contributed by atoms with Crippen molar-refractivity contribution >= 4 is 23.0 Å². The number of aromatic nitrogens is 1. The van der Waals surface area contributed by atoms with Crippen LogP contribution in [0.2, 0.25) is 0 Å². The number of carbonyl (C=O) groups is 1. The molecule has 0 aliphatic heterocycles. The van der Waals surface area contributed by atoms with Gasteiger partial charge in [0.25, 0.3) is 11.6 Å². The van der Waals surface area contributed by atoms with E-state index >= 15 is 0 Å². The fourth-order valence-corrected chi connectivity index (χ4v) is 1.68. The Morgan fingerprint density at radius 1 is 1.43 bits per heavy atom. The Balaban J connectivity index is 2.29. The van der Waals surface area contributed by atoms with Crippen LogP contribution in [0.1, 0.15) is 10.4 Å². The van der Waals surface area contributed by atoms with Crippen LogP contribution >= 0.6 is 0 Å². The molecule has 1 amide bonds. The van der Waals surface area contributed by atoms with E-state index in [0.717, 1.165) is 0 Å². The number of methoxy groups -OCH3 is 1. The molecule has 0 fully saturated rings. The van der Waals surface area contributed by atoms with Crippen molar-refractivity contribution in [2.45, 2.75) is 0 Å². The Morgan fingerprint density at radius 3 is 2.81 bits per heavy atom. The number of nitrogen functional groups attached to an aromatic ring is 1. The van der Waals surface area contributed by atoms with E-state index in [0.29, 0.717) is 5.69 Å². The minimum Gasteiger partial charge on any atom is -0.494 e. The van der Waals surface area contributed by atoms with E-state index in [2.05, 4.69) is 10.3 Å². The zero-order valence-corrected chi connectivity index (χ0v) is 11.1. The molecule has 0 aliphatic carbocycles. The monoisotopic (exact) mass is 288 g/mol. The van der Waals surface area contributed by atoms with E-state index in [4.69, 9.17) is 10.5 Å². The highest BCUT2D eigenvalue weighted by Crippen LogP contribution is 2.29. The molecule has 0 bridgehead atoms. The molecular weight excluding hydrogens is 276 g/mol. The highest BCUT2D eigenvalue weighted by Gasteiger charge is 2.15. The second kappa shape index (κ2) is 5.87. The van der Waals surface area contributed by atoms with Gasteiger partial charge in [-0.25, -0.2) is 0 Å². The average Bonchev–Trinajstić information content (AvgIpc) is 2.47. The maximum Gasteiger partial charge on any atom is 0.273 e. The summed E-state index contributed by atoms with van der Waals surface area (Å²) in [5, 5.41) is 13.3. The Bertz CT molecular complexity index is 702. The lowest BCUT2D eigenvalue weighted by molar-refractivity contribution is -0.384. The zero-order chi connectivity index (χ0) is 15.4. The Hall–Kier alpha value is -3.16. The fourth-order valence-electron chi connectivity index (χ4n) is 1.68. The van der Waals surface area contributed by atoms with Crippen LogP contribution in [0, 0.1) is 10.1 Å². The molecule has 0 aliphatic rings. The third kappa shape index (κ3) is 3.06. The molecule has 108 valence electrons.